The lowest BCUT2D eigenvalue weighted by Crippen LogP contribution is -2.19. The summed E-state index contributed by atoms with van der Waals surface area (Å²) >= 11 is 0. The summed E-state index contributed by atoms with van der Waals surface area (Å²) in [5, 5.41) is 6.71. The smallest absolute Gasteiger partial charge is 0.246 e. The molecule has 0 aliphatic rings. The Morgan fingerprint density at radius 1 is 1.27 bits per heavy atom. The van der Waals surface area contributed by atoms with Gasteiger partial charge < -0.3 is 0 Å². The van der Waals surface area contributed by atoms with E-state index in [-0.39, 0.29) is 0 Å². The largest absolute Gasteiger partial charge is 0.283 e. The van der Waals surface area contributed by atoms with Crippen LogP contribution in [-0.2, 0) is 4.57 Å². The molecule has 0 fully saturated rings. The quantitative estimate of drug-likeness (QED) is 0.515. The molecule has 0 bridgehead atoms. The summed E-state index contributed by atoms with van der Waals surface area (Å²) in [5.41, 5.74) is 0. The van der Waals surface area contributed by atoms with Crippen molar-refractivity contribution in [2.75, 3.05) is 28.2 Å². The standard InChI is InChI=1S/C6H14N3OP/c1-8(2)11(10,6-5-7)9(3)4/h6-7H,1-4H3. The van der Waals surface area contributed by atoms with Crippen molar-refractivity contribution in [2.45, 2.75) is 0 Å². The third-order valence-corrected chi connectivity index (χ3v) is 4.14. The van der Waals surface area contributed by atoms with E-state index in [4.69, 9.17) is 5.41 Å². The van der Waals surface area contributed by atoms with E-state index in [1.807, 2.05) is 5.87 Å². The molecule has 0 unspecified atom stereocenters. The Hall–Kier alpha value is -0.400. The van der Waals surface area contributed by atoms with Crippen LogP contribution in [0.2, 0.25) is 0 Å². The molecule has 0 aromatic carbocycles. The van der Waals surface area contributed by atoms with Gasteiger partial charge in [-0.2, -0.15) is 0 Å². The van der Waals surface area contributed by atoms with Gasteiger partial charge in [-0.05, 0) is 34.1 Å². The summed E-state index contributed by atoms with van der Waals surface area (Å²) in [6, 6.07) is 0. The highest BCUT2D eigenvalue weighted by Gasteiger charge is 2.24. The van der Waals surface area contributed by atoms with E-state index in [0.717, 1.165) is 0 Å². The zero-order valence-electron chi connectivity index (χ0n) is 7.33. The van der Waals surface area contributed by atoms with Gasteiger partial charge in [-0.25, -0.2) is 9.34 Å². The van der Waals surface area contributed by atoms with Gasteiger partial charge in [-0.15, -0.1) is 0 Å². The van der Waals surface area contributed by atoms with E-state index in [0.29, 0.717) is 0 Å². The Kier molecular flexibility index (Phi) is 3.70. The fourth-order valence-corrected chi connectivity index (χ4v) is 2.02. The lowest BCUT2D eigenvalue weighted by molar-refractivity contribution is 0.459. The average molecular weight is 175 g/mol. The lowest BCUT2D eigenvalue weighted by atomic mass is 11.2. The third-order valence-electron chi connectivity index (χ3n) is 1.38. The Bertz CT molecular complexity index is 206. The van der Waals surface area contributed by atoms with Crippen molar-refractivity contribution in [3.05, 3.63) is 5.82 Å². The first-order valence-corrected chi connectivity index (χ1v) is 4.85. The normalized spacial score (nSPS) is 11.8. The molecular weight excluding hydrogens is 161 g/mol. The second-order valence-electron chi connectivity index (χ2n) is 2.56. The Morgan fingerprint density at radius 2 is 1.64 bits per heavy atom. The Labute approximate surface area is 67.5 Å². The first-order chi connectivity index (χ1) is 4.95. The topological polar surface area (TPSA) is 47.4 Å². The lowest BCUT2D eigenvalue weighted by Gasteiger charge is -2.26. The van der Waals surface area contributed by atoms with Crippen LogP contribution in [0.3, 0.4) is 0 Å². The molecule has 0 aromatic rings. The van der Waals surface area contributed by atoms with Gasteiger partial charge in [0.25, 0.3) is 0 Å². The molecule has 11 heavy (non-hydrogen) atoms. The van der Waals surface area contributed by atoms with Crippen LogP contribution in [0.5, 0.6) is 0 Å². The van der Waals surface area contributed by atoms with Crippen LogP contribution in [0.25, 0.3) is 0 Å². The van der Waals surface area contributed by atoms with Gasteiger partial charge in [-0.1, -0.05) is 0 Å². The molecular formula is C6H14N3OP. The Balaban J connectivity index is 4.83. The van der Waals surface area contributed by atoms with Gasteiger partial charge in [0.05, 0.1) is 5.82 Å². The molecule has 0 saturated carbocycles. The molecule has 0 atom stereocenters. The average Bonchev–Trinajstić information content (AvgIpc) is 1.87. The minimum atomic E-state index is -2.62. The maximum Gasteiger partial charge on any atom is 0.246 e. The highest BCUT2D eigenvalue weighted by atomic mass is 31.2. The van der Waals surface area contributed by atoms with Crippen LogP contribution in [0.1, 0.15) is 0 Å². The summed E-state index contributed by atoms with van der Waals surface area (Å²) in [6.45, 7) is 0. The second kappa shape index (κ2) is 3.84. The second-order valence-corrected chi connectivity index (χ2v) is 5.59. The minimum absolute atomic E-state index is 1.28. The highest BCUT2D eigenvalue weighted by Crippen LogP contribution is 2.49. The number of hydrogen-bond acceptors (Lipinski definition) is 2. The van der Waals surface area contributed by atoms with Gasteiger partial charge in [0.2, 0.25) is 7.44 Å². The van der Waals surface area contributed by atoms with Gasteiger partial charge in [0.15, 0.2) is 0 Å². The van der Waals surface area contributed by atoms with Gasteiger partial charge in [0, 0.05) is 0 Å². The number of rotatable bonds is 3. The molecule has 0 aliphatic carbocycles. The molecule has 0 radical (unpaired) electrons. The fraction of sp³-hybridized carbons (Fsp3) is 0.667. The van der Waals surface area contributed by atoms with Crippen molar-refractivity contribution in [3.63, 3.8) is 0 Å². The summed E-state index contributed by atoms with van der Waals surface area (Å²) < 4.78 is 15.0. The molecule has 0 spiro atoms. The maximum atomic E-state index is 11.8. The molecule has 1 N–H and O–H groups in total. The first kappa shape index (κ1) is 10.6. The first-order valence-electron chi connectivity index (χ1n) is 3.17. The number of nitrogens with one attached hydrogen (secondary N) is 1. The number of nitrogens with zero attached hydrogens (tertiary/aromatic N) is 2. The van der Waals surface area contributed by atoms with Crippen molar-refractivity contribution in [1.29, 1.82) is 5.41 Å². The van der Waals surface area contributed by atoms with E-state index in [1.54, 1.807) is 37.5 Å². The molecule has 0 saturated heterocycles. The Morgan fingerprint density at radius 3 is 1.73 bits per heavy atom. The van der Waals surface area contributed by atoms with Crippen LogP contribution in [0, 0.1) is 5.41 Å². The molecule has 64 valence electrons. The van der Waals surface area contributed by atoms with Crippen LogP contribution in [-0.4, -0.2) is 43.4 Å². The van der Waals surface area contributed by atoms with Crippen molar-refractivity contribution < 1.29 is 4.57 Å². The molecule has 5 heteroatoms. The van der Waals surface area contributed by atoms with Crippen molar-refractivity contribution in [2.24, 2.45) is 0 Å². The minimum Gasteiger partial charge on any atom is -0.283 e. The highest BCUT2D eigenvalue weighted by molar-refractivity contribution is 7.62. The van der Waals surface area contributed by atoms with Crippen LogP contribution in [0.15, 0.2) is 5.82 Å². The SMILES string of the molecule is CN(C)P(=O)(C=C=N)N(C)C. The van der Waals surface area contributed by atoms with Crippen molar-refractivity contribution in [1.82, 2.24) is 9.34 Å². The number of hydrogen-bond donors (Lipinski definition) is 1. The molecule has 0 heterocycles. The van der Waals surface area contributed by atoms with Gasteiger partial charge in [0.1, 0.15) is 0 Å². The molecule has 0 aliphatic heterocycles. The van der Waals surface area contributed by atoms with E-state index in [2.05, 4.69) is 0 Å². The van der Waals surface area contributed by atoms with E-state index in [9.17, 15) is 4.57 Å². The van der Waals surface area contributed by atoms with Crippen LogP contribution in [0.4, 0.5) is 0 Å². The summed E-state index contributed by atoms with van der Waals surface area (Å²) in [6.07, 6.45) is 0. The van der Waals surface area contributed by atoms with Crippen molar-refractivity contribution >= 4 is 13.3 Å². The zero-order valence-corrected chi connectivity index (χ0v) is 8.22. The monoisotopic (exact) mass is 175 g/mol. The van der Waals surface area contributed by atoms with E-state index >= 15 is 0 Å². The maximum absolute atomic E-state index is 11.8. The summed E-state index contributed by atoms with van der Waals surface area (Å²) in [7, 11) is 4.25. The van der Waals surface area contributed by atoms with E-state index in [1.165, 1.54) is 5.82 Å². The third kappa shape index (κ3) is 2.28. The fourth-order valence-electron chi connectivity index (χ4n) is 0.673. The molecule has 0 rings (SSSR count). The molecule has 0 aromatic heterocycles. The molecule has 0 amide bonds. The van der Waals surface area contributed by atoms with E-state index < -0.39 is 7.44 Å². The zero-order chi connectivity index (χ0) is 9.07. The predicted molar refractivity (Wildman–Crippen MR) is 47.3 cm³/mol. The summed E-state index contributed by atoms with van der Waals surface area (Å²) in [4.78, 5) is 0. The van der Waals surface area contributed by atoms with Crippen LogP contribution >= 0.6 is 7.44 Å². The predicted octanol–water partition coefficient (Wildman–Crippen LogP) is 1.06. The van der Waals surface area contributed by atoms with Crippen molar-refractivity contribution in [3.8, 4) is 0 Å². The van der Waals surface area contributed by atoms with Gasteiger partial charge >= 0.3 is 0 Å². The van der Waals surface area contributed by atoms with Gasteiger partial charge in [-0.3, -0.25) is 9.97 Å². The molecule has 4 nitrogen and oxygen atoms in total. The van der Waals surface area contributed by atoms with Crippen LogP contribution < -0.4 is 0 Å². The summed E-state index contributed by atoms with van der Waals surface area (Å²) in [5.74, 6) is 3.33.